The van der Waals surface area contributed by atoms with Crippen LogP contribution in [0.5, 0.6) is 0 Å². The van der Waals surface area contributed by atoms with Gasteiger partial charge in [-0.2, -0.15) is 0 Å². The van der Waals surface area contributed by atoms with E-state index in [1.165, 1.54) is 32.1 Å². The minimum atomic E-state index is -0.197. The van der Waals surface area contributed by atoms with Gasteiger partial charge in [-0.15, -0.1) is 0 Å². The monoisotopic (exact) mass is 299 g/mol. The Kier molecular flexibility index (Phi) is 4.43. The zero-order chi connectivity index (χ0) is 12.3. The fourth-order valence-corrected chi connectivity index (χ4v) is 2.78. The molecule has 1 aliphatic carbocycles. The van der Waals surface area contributed by atoms with Crippen LogP contribution in [-0.4, -0.2) is 6.04 Å². The van der Waals surface area contributed by atoms with E-state index in [2.05, 4.69) is 28.2 Å². The van der Waals surface area contributed by atoms with E-state index in [1.807, 2.05) is 6.07 Å². The first kappa shape index (κ1) is 12.9. The van der Waals surface area contributed by atoms with Crippen LogP contribution in [0.25, 0.3) is 0 Å². The summed E-state index contributed by atoms with van der Waals surface area (Å²) in [5.41, 5.74) is 0.894. The summed E-state index contributed by atoms with van der Waals surface area (Å²) in [5.74, 6) is 0.701. The highest BCUT2D eigenvalue weighted by atomic mass is 79.9. The van der Waals surface area contributed by atoms with E-state index in [4.69, 9.17) is 0 Å². The van der Waals surface area contributed by atoms with Crippen molar-refractivity contribution in [1.82, 2.24) is 0 Å². The predicted molar refractivity (Wildman–Crippen MR) is 73.8 cm³/mol. The third-order valence-corrected chi connectivity index (χ3v) is 4.36. The van der Waals surface area contributed by atoms with E-state index in [-0.39, 0.29) is 5.82 Å². The lowest BCUT2D eigenvalue weighted by Gasteiger charge is -2.29. The minimum absolute atomic E-state index is 0.197. The van der Waals surface area contributed by atoms with Crippen molar-refractivity contribution in [2.24, 2.45) is 5.92 Å². The van der Waals surface area contributed by atoms with E-state index in [9.17, 15) is 4.39 Å². The lowest BCUT2D eigenvalue weighted by molar-refractivity contribution is 0.330. The largest absolute Gasteiger partial charge is 0.382 e. The molecular formula is C14H19BrFN. The van der Waals surface area contributed by atoms with Gasteiger partial charge in [-0.1, -0.05) is 13.3 Å². The molecule has 0 bridgehead atoms. The minimum Gasteiger partial charge on any atom is -0.382 e. The van der Waals surface area contributed by atoms with Crippen LogP contribution in [-0.2, 0) is 0 Å². The molecule has 0 radical (unpaired) electrons. The van der Waals surface area contributed by atoms with Gasteiger partial charge in [0.15, 0.2) is 0 Å². The Morgan fingerprint density at radius 1 is 1.29 bits per heavy atom. The molecule has 0 saturated heterocycles. The molecule has 2 rings (SSSR count). The predicted octanol–water partition coefficient (Wildman–Crippen LogP) is 4.97. The molecule has 0 unspecified atom stereocenters. The molecule has 94 valence electrons. The maximum atomic E-state index is 13.4. The molecule has 0 aliphatic heterocycles. The van der Waals surface area contributed by atoms with Crippen molar-refractivity contribution >= 4 is 21.6 Å². The Bertz CT molecular complexity index is 372. The second kappa shape index (κ2) is 5.85. The third-order valence-electron chi connectivity index (χ3n) is 3.71. The van der Waals surface area contributed by atoms with Crippen molar-refractivity contribution in [3.05, 3.63) is 28.5 Å². The first-order valence-corrected chi connectivity index (χ1v) is 7.20. The highest BCUT2D eigenvalue weighted by Crippen LogP contribution is 2.29. The van der Waals surface area contributed by atoms with Crippen LogP contribution in [0, 0.1) is 11.7 Å². The fraction of sp³-hybridized carbons (Fsp3) is 0.571. The Morgan fingerprint density at radius 2 is 2.00 bits per heavy atom. The molecular weight excluding hydrogens is 281 g/mol. The van der Waals surface area contributed by atoms with E-state index in [0.29, 0.717) is 10.5 Å². The van der Waals surface area contributed by atoms with Gasteiger partial charge >= 0.3 is 0 Å². The third kappa shape index (κ3) is 3.44. The van der Waals surface area contributed by atoms with Crippen molar-refractivity contribution in [1.29, 1.82) is 0 Å². The lowest BCUT2D eigenvalue weighted by atomic mass is 9.84. The van der Waals surface area contributed by atoms with Crippen LogP contribution in [0.1, 0.15) is 39.0 Å². The topological polar surface area (TPSA) is 12.0 Å². The summed E-state index contributed by atoms with van der Waals surface area (Å²) in [7, 11) is 0. The fourth-order valence-electron chi connectivity index (χ4n) is 2.54. The molecule has 0 spiro atoms. The average molecular weight is 300 g/mol. The van der Waals surface area contributed by atoms with E-state index in [1.54, 1.807) is 12.1 Å². The molecule has 0 heterocycles. The number of halogens is 2. The molecule has 1 nitrogen and oxygen atoms in total. The number of hydrogen-bond acceptors (Lipinski definition) is 1. The Balaban J connectivity index is 1.91. The molecule has 1 aromatic rings. The zero-order valence-corrected chi connectivity index (χ0v) is 11.8. The second-order valence-corrected chi connectivity index (χ2v) is 5.75. The molecule has 1 aliphatic rings. The van der Waals surface area contributed by atoms with Gasteiger partial charge in [0.2, 0.25) is 0 Å². The summed E-state index contributed by atoms with van der Waals surface area (Å²) in [6.07, 6.45) is 6.30. The van der Waals surface area contributed by atoms with Crippen molar-refractivity contribution in [3.63, 3.8) is 0 Å². The molecule has 0 aromatic heterocycles. The molecule has 1 aromatic carbocycles. The summed E-state index contributed by atoms with van der Waals surface area (Å²) < 4.78 is 13.9. The van der Waals surface area contributed by atoms with Gasteiger partial charge in [0.1, 0.15) is 5.82 Å². The van der Waals surface area contributed by atoms with Gasteiger partial charge < -0.3 is 5.32 Å². The smallest absolute Gasteiger partial charge is 0.139 e. The standard InChI is InChI=1S/C14H19BrFN/c1-2-10-3-5-11(6-4-10)17-12-7-8-13(15)14(16)9-12/h7-11,17H,2-6H2,1H3. The van der Waals surface area contributed by atoms with Crippen LogP contribution in [0.15, 0.2) is 22.7 Å². The highest BCUT2D eigenvalue weighted by molar-refractivity contribution is 9.10. The van der Waals surface area contributed by atoms with Crippen molar-refractivity contribution in [2.75, 3.05) is 5.32 Å². The normalized spacial score (nSPS) is 24.6. The molecule has 0 atom stereocenters. The summed E-state index contributed by atoms with van der Waals surface area (Å²) in [6.45, 7) is 2.27. The SMILES string of the molecule is CCC1CCC(Nc2ccc(Br)c(F)c2)CC1. The maximum absolute atomic E-state index is 13.4. The Hall–Kier alpha value is -0.570. The molecule has 3 heteroatoms. The van der Waals surface area contributed by atoms with Crippen LogP contribution in [0.4, 0.5) is 10.1 Å². The Morgan fingerprint density at radius 3 is 2.59 bits per heavy atom. The van der Waals surface area contributed by atoms with Gasteiger partial charge in [-0.25, -0.2) is 4.39 Å². The zero-order valence-electron chi connectivity index (χ0n) is 10.2. The van der Waals surface area contributed by atoms with E-state index < -0.39 is 0 Å². The van der Waals surface area contributed by atoms with Crippen molar-refractivity contribution in [3.8, 4) is 0 Å². The first-order chi connectivity index (χ1) is 8.19. The molecule has 1 N–H and O–H groups in total. The highest BCUT2D eigenvalue weighted by Gasteiger charge is 2.19. The van der Waals surface area contributed by atoms with Crippen LogP contribution in [0.2, 0.25) is 0 Å². The number of anilines is 1. The van der Waals surface area contributed by atoms with Crippen LogP contribution >= 0.6 is 15.9 Å². The summed E-state index contributed by atoms with van der Waals surface area (Å²) >= 11 is 3.17. The Labute approximate surface area is 111 Å². The number of benzene rings is 1. The summed E-state index contributed by atoms with van der Waals surface area (Å²) in [5, 5.41) is 3.43. The number of hydrogen-bond donors (Lipinski definition) is 1. The molecule has 1 fully saturated rings. The maximum Gasteiger partial charge on any atom is 0.139 e. The molecule has 17 heavy (non-hydrogen) atoms. The number of rotatable bonds is 3. The van der Waals surface area contributed by atoms with E-state index in [0.717, 1.165) is 11.6 Å². The lowest BCUT2D eigenvalue weighted by Crippen LogP contribution is -2.25. The molecule has 0 amide bonds. The van der Waals surface area contributed by atoms with Gasteiger partial charge in [0, 0.05) is 11.7 Å². The number of nitrogens with one attached hydrogen (secondary N) is 1. The van der Waals surface area contributed by atoms with Crippen molar-refractivity contribution in [2.45, 2.75) is 45.1 Å². The van der Waals surface area contributed by atoms with Gasteiger partial charge in [-0.3, -0.25) is 0 Å². The average Bonchev–Trinajstić information content (AvgIpc) is 2.35. The van der Waals surface area contributed by atoms with Gasteiger partial charge in [0.25, 0.3) is 0 Å². The summed E-state index contributed by atoms with van der Waals surface area (Å²) in [6, 6.07) is 5.77. The van der Waals surface area contributed by atoms with Gasteiger partial charge in [-0.05, 0) is 65.7 Å². The second-order valence-electron chi connectivity index (χ2n) is 4.90. The van der Waals surface area contributed by atoms with Crippen molar-refractivity contribution < 1.29 is 4.39 Å². The first-order valence-electron chi connectivity index (χ1n) is 6.40. The van der Waals surface area contributed by atoms with Crippen LogP contribution < -0.4 is 5.32 Å². The van der Waals surface area contributed by atoms with Gasteiger partial charge in [0.05, 0.1) is 4.47 Å². The molecule has 1 saturated carbocycles. The van der Waals surface area contributed by atoms with E-state index >= 15 is 0 Å². The van der Waals surface area contributed by atoms with Crippen LogP contribution in [0.3, 0.4) is 0 Å². The quantitative estimate of drug-likeness (QED) is 0.831. The summed E-state index contributed by atoms with van der Waals surface area (Å²) in [4.78, 5) is 0.